The van der Waals surface area contributed by atoms with Gasteiger partial charge in [-0.15, -0.1) is 0 Å². The third-order valence-corrected chi connectivity index (χ3v) is 3.46. The molecule has 0 aromatic carbocycles. The molecule has 2 unspecified atom stereocenters. The average Bonchev–Trinajstić information content (AvgIpc) is 2.39. The van der Waals surface area contributed by atoms with Gasteiger partial charge in [0.1, 0.15) is 5.82 Å². The molecule has 84 valence electrons. The summed E-state index contributed by atoms with van der Waals surface area (Å²) in [5.74, 6) is 1.69. The summed E-state index contributed by atoms with van der Waals surface area (Å²) in [4.78, 5) is 0. The molecule has 15 heavy (non-hydrogen) atoms. The molecule has 1 heterocycles. The molecule has 1 aromatic rings. The van der Waals surface area contributed by atoms with Crippen LogP contribution >= 0.6 is 0 Å². The second-order valence-corrected chi connectivity index (χ2v) is 4.92. The van der Waals surface area contributed by atoms with Gasteiger partial charge in [-0.2, -0.15) is 5.10 Å². The van der Waals surface area contributed by atoms with Gasteiger partial charge in [-0.3, -0.25) is 0 Å². The Bertz CT molecular complexity index is 330. The van der Waals surface area contributed by atoms with E-state index in [0.717, 1.165) is 17.4 Å². The summed E-state index contributed by atoms with van der Waals surface area (Å²) in [6.07, 6.45) is 6.44. The Labute approximate surface area is 91.7 Å². The molecule has 0 spiro atoms. The van der Waals surface area contributed by atoms with Crippen molar-refractivity contribution >= 4 is 5.82 Å². The Hall–Kier alpha value is -0.990. The smallest absolute Gasteiger partial charge is 0.122 e. The lowest BCUT2D eigenvalue weighted by Gasteiger charge is -2.16. The summed E-state index contributed by atoms with van der Waals surface area (Å²) in [6.45, 7) is 4.35. The molecule has 0 radical (unpaired) electrons. The number of nitrogens with zero attached hydrogens (tertiary/aromatic N) is 2. The van der Waals surface area contributed by atoms with Crippen molar-refractivity contribution in [2.45, 2.75) is 52.0 Å². The van der Waals surface area contributed by atoms with Gasteiger partial charge in [0, 0.05) is 6.07 Å². The van der Waals surface area contributed by atoms with Crippen molar-refractivity contribution in [3.05, 3.63) is 11.8 Å². The maximum absolute atomic E-state index is 5.96. The minimum atomic E-state index is 0.531. The van der Waals surface area contributed by atoms with E-state index >= 15 is 0 Å². The highest BCUT2D eigenvalue weighted by Crippen LogP contribution is 2.31. The predicted molar refractivity (Wildman–Crippen MR) is 62.7 cm³/mol. The number of nitrogens with two attached hydrogens (primary N) is 1. The number of hydrogen-bond donors (Lipinski definition) is 1. The molecule has 1 aliphatic carbocycles. The molecule has 0 aliphatic heterocycles. The summed E-state index contributed by atoms with van der Waals surface area (Å²) in [5, 5.41) is 4.49. The van der Waals surface area contributed by atoms with Gasteiger partial charge in [0.05, 0.1) is 11.7 Å². The Morgan fingerprint density at radius 2 is 2.13 bits per heavy atom. The van der Waals surface area contributed by atoms with E-state index in [4.69, 9.17) is 5.73 Å². The number of aromatic nitrogens is 2. The van der Waals surface area contributed by atoms with Gasteiger partial charge in [-0.1, -0.05) is 19.8 Å². The summed E-state index contributed by atoms with van der Waals surface area (Å²) >= 11 is 0. The van der Waals surface area contributed by atoms with Gasteiger partial charge < -0.3 is 5.73 Å². The fourth-order valence-electron chi connectivity index (χ4n) is 2.54. The average molecular weight is 207 g/mol. The molecule has 2 rings (SSSR count). The Morgan fingerprint density at radius 1 is 1.33 bits per heavy atom. The lowest BCUT2D eigenvalue weighted by atomic mass is 10.0. The van der Waals surface area contributed by atoms with Crippen LogP contribution in [0.5, 0.6) is 0 Å². The van der Waals surface area contributed by atoms with Gasteiger partial charge in [-0.05, 0) is 32.1 Å². The third kappa shape index (κ3) is 2.33. The number of nitrogen functional groups attached to an aromatic ring is 1. The van der Waals surface area contributed by atoms with Crippen LogP contribution in [0.25, 0.3) is 0 Å². The molecule has 0 amide bonds. The van der Waals surface area contributed by atoms with Crippen LogP contribution in [0.2, 0.25) is 0 Å². The Kier molecular flexibility index (Phi) is 2.98. The molecule has 2 N–H and O–H groups in total. The molecule has 1 fully saturated rings. The number of anilines is 1. The molecular weight excluding hydrogens is 186 g/mol. The van der Waals surface area contributed by atoms with Crippen LogP contribution in [-0.4, -0.2) is 9.78 Å². The molecular formula is C12H21N3. The fraction of sp³-hybridized carbons (Fsp3) is 0.750. The van der Waals surface area contributed by atoms with Crippen molar-refractivity contribution in [3.8, 4) is 0 Å². The highest BCUT2D eigenvalue weighted by molar-refractivity contribution is 5.30. The van der Waals surface area contributed by atoms with E-state index in [0.29, 0.717) is 6.04 Å². The van der Waals surface area contributed by atoms with E-state index in [9.17, 15) is 0 Å². The SMILES string of the molecule is Cc1cc(N)n(C2CCCC(C)CC2)n1. The van der Waals surface area contributed by atoms with Gasteiger partial charge >= 0.3 is 0 Å². The number of aryl methyl sites for hydroxylation is 1. The maximum atomic E-state index is 5.96. The number of hydrogen-bond acceptors (Lipinski definition) is 2. The van der Waals surface area contributed by atoms with Crippen LogP contribution in [-0.2, 0) is 0 Å². The second kappa shape index (κ2) is 4.25. The Balaban J connectivity index is 2.12. The van der Waals surface area contributed by atoms with Crippen LogP contribution in [0.3, 0.4) is 0 Å². The molecule has 3 nitrogen and oxygen atoms in total. The van der Waals surface area contributed by atoms with E-state index in [1.165, 1.54) is 32.1 Å². The van der Waals surface area contributed by atoms with Crippen molar-refractivity contribution in [2.75, 3.05) is 5.73 Å². The highest BCUT2D eigenvalue weighted by Gasteiger charge is 2.19. The zero-order chi connectivity index (χ0) is 10.8. The first-order valence-electron chi connectivity index (χ1n) is 5.98. The van der Waals surface area contributed by atoms with Gasteiger partial charge in [-0.25, -0.2) is 4.68 Å². The van der Waals surface area contributed by atoms with Crippen molar-refractivity contribution in [3.63, 3.8) is 0 Å². The standard InChI is InChI=1S/C12H21N3/c1-9-4-3-5-11(7-6-9)15-12(13)8-10(2)14-15/h8-9,11H,3-7,13H2,1-2H3. The van der Waals surface area contributed by atoms with E-state index in [1.807, 2.05) is 17.7 Å². The maximum Gasteiger partial charge on any atom is 0.122 e. The molecule has 1 aromatic heterocycles. The molecule has 2 atom stereocenters. The lowest BCUT2D eigenvalue weighted by Crippen LogP contribution is -2.12. The molecule has 0 bridgehead atoms. The monoisotopic (exact) mass is 207 g/mol. The minimum Gasteiger partial charge on any atom is -0.384 e. The Morgan fingerprint density at radius 3 is 2.80 bits per heavy atom. The minimum absolute atomic E-state index is 0.531. The molecule has 0 saturated heterocycles. The zero-order valence-electron chi connectivity index (χ0n) is 9.74. The van der Waals surface area contributed by atoms with Crippen LogP contribution in [0.15, 0.2) is 6.07 Å². The molecule has 3 heteroatoms. The van der Waals surface area contributed by atoms with E-state index in [-0.39, 0.29) is 0 Å². The van der Waals surface area contributed by atoms with Crippen molar-refractivity contribution in [2.24, 2.45) is 5.92 Å². The highest BCUT2D eigenvalue weighted by atomic mass is 15.3. The largest absolute Gasteiger partial charge is 0.384 e. The summed E-state index contributed by atoms with van der Waals surface area (Å²) < 4.78 is 2.04. The van der Waals surface area contributed by atoms with E-state index in [2.05, 4.69) is 12.0 Å². The third-order valence-electron chi connectivity index (χ3n) is 3.46. The second-order valence-electron chi connectivity index (χ2n) is 4.92. The summed E-state index contributed by atoms with van der Waals surface area (Å²) in [7, 11) is 0. The lowest BCUT2D eigenvalue weighted by molar-refractivity contribution is 0.402. The van der Waals surface area contributed by atoms with Crippen molar-refractivity contribution in [1.29, 1.82) is 0 Å². The first-order valence-corrected chi connectivity index (χ1v) is 5.98. The van der Waals surface area contributed by atoms with Gasteiger partial charge in [0.2, 0.25) is 0 Å². The first kappa shape index (κ1) is 10.5. The summed E-state index contributed by atoms with van der Waals surface area (Å²) in [5.41, 5.74) is 6.99. The first-order chi connectivity index (χ1) is 7.16. The van der Waals surface area contributed by atoms with Crippen LogP contribution in [0.1, 0.15) is 50.8 Å². The molecule has 1 saturated carbocycles. The quantitative estimate of drug-likeness (QED) is 0.719. The van der Waals surface area contributed by atoms with Gasteiger partial charge in [0.15, 0.2) is 0 Å². The van der Waals surface area contributed by atoms with E-state index in [1.54, 1.807) is 0 Å². The van der Waals surface area contributed by atoms with Crippen molar-refractivity contribution in [1.82, 2.24) is 9.78 Å². The summed E-state index contributed by atoms with van der Waals surface area (Å²) in [6, 6.07) is 2.50. The topological polar surface area (TPSA) is 43.8 Å². The number of rotatable bonds is 1. The van der Waals surface area contributed by atoms with Crippen LogP contribution in [0.4, 0.5) is 5.82 Å². The zero-order valence-corrected chi connectivity index (χ0v) is 9.74. The van der Waals surface area contributed by atoms with E-state index < -0.39 is 0 Å². The fourth-order valence-corrected chi connectivity index (χ4v) is 2.54. The normalized spacial score (nSPS) is 27.6. The van der Waals surface area contributed by atoms with Crippen LogP contribution in [0, 0.1) is 12.8 Å². The molecule has 1 aliphatic rings. The van der Waals surface area contributed by atoms with Crippen molar-refractivity contribution < 1.29 is 0 Å². The van der Waals surface area contributed by atoms with Gasteiger partial charge in [0.25, 0.3) is 0 Å². The predicted octanol–water partition coefficient (Wildman–Crippen LogP) is 2.92. The van der Waals surface area contributed by atoms with Crippen LogP contribution < -0.4 is 5.73 Å².